The van der Waals surface area contributed by atoms with E-state index in [1.165, 1.54) is 6.07 Å². The number of nitrogens with one attached hydrogen (secondary N) is 1. The summed E-state index contributed by atoms with van der Waals surface area (Å²) < 4.78 is 53.9. The van der Waals surface area contributed by atoms with Crippen LogP contribution < -0.4 is 10.5 Å². The van der Waals surface area contributed by atoms with Gasteiger partial charge in [0.25, 0.3) is 12.1 Å². The molecule has 1 aromatic rings. The summed E-state index contributed by atoms with van der Waals surface area (Å²) >= 11 is 0. The van der Waals surface area contributed by atoms with E-state index in [2.05, 4.69) is 4.74 Å². The van der Waals surface area contributed by atoms with E-state index in [9.17, 15) is 27.3 Å². The molecule has 0 aliphatic carbocycles. The minimum Gasteiger partial charge on any atom is -0.399 e. The first-order valence-corrected chi connectivity index (χ1v) is 7.12. The SMILES string of the molecule is Nc1ccc(S(=O)(=O)NCCOCC(F)F)c([N+](=O)[O-])c1. The number of nitrogens with zero attached hydrogens (tertiary/aromatic N) is 1. The third-order valence-electron chi connectivity index (χ3n) is 2.25. The average molecular weight is 325 g/mol. The van der Waals surface area contributed by atoms with Crippen LogP contribution in [0.4, 0.5) is 20.2 Å². The van der Waals surface area contributed by atoms with Gasteiger partial charge in [-0.2, -0.15) is 0 Å². The van der Waals surface area contributed by atoms with Gasteiger partial charge in [-0.15, -0.1) is 0 Å². The van der Waals surface area contributed by atoms with Gasteiger partial charge in [-0.1, -0.05) is 0 Å². The summed E-state index contributed by atoms with van der Waals surface area (Å²) in [5, 5.41) is 10.8. The normalized spacial score (nSPS) is 11.8. The Labute approximate surface area is 119 Å². The van der Waals surface area contributed by atoms with Crippen LogP contribution in [0.25, 0.3) is 0 Å². The zero-order valence-electron chi connectivity index (χ0n) is 10.7. The molecular formula is C10H13F2N3O5S. The summed E-state index contributed by atoms with van der Waals surface area (Å²) in [6.07, 6.45) is -2.65. The van der Waals surface area contributed by atoms with Crippen molar-refractivity contribution in [2.75, 3.05) is 25.5 Å². The third-order valence-corrected chi connectivity index (χ3v) is 3.76. The van der Waals surface area contributed by atoms with Gasteiger partial charge in [-0.3, -0.25) is 10.1 Å². The van der Waals surface area contributed by atoms with Gasteiger partial charge in [-0.05, 0) is 12.1 Å². The second kappa shape index (κ2) is 7.24. The molecule has 0 saturated carbocycles. The highest BCUT2D eigenvalue weighted by atomic mass is 32.2. The number of nitrogen functional groups attached to an aromatic ring is 1. The Kier molecular flexibility index (Phi) is 5.93. The second-order valence-electron chi connectivity index (χ2n) is 3.85. The number of ether oxygens (including phenoxy) is 1. The average Bonchev–Trinajstić information content (AvgIpc) is 2.37. The summed E-state index contributed by atoms with van der Waals surface area (Å²) in [6, 6.07) is 3.12. The van der Waals surface area contributed by atoms with Crippen molar-refractivity contribution < 1.29 is 26.9 Å². The number of halogens is 2. The predicted molar refractivity (Wildman–Crippen MR) is 69.5 cm³/mol. The quantitative estimate of drug-likeness (QED) is 0.314. The standard InChI is InChI=1S/C10H13F2N3O5S/c11-10(12)6-20-4-3-14-21(18,19)9-2-1-7(13)5-8(9)15(16)17/h1-2,5,10,14H,3-4,6,13H2. The topological polar surface area (TPSA) is 125 Å². The zero-order chi connectivity index (χ0) is 16.0. The van der Waals surface area contributed by atoms with Crippen molar-refractivity contribution in [3.63, 3.8) is 0 Å². The summed E-state index contributed by atoms with van der Waals surface area (Å²) in [5.74, 6) is 0. The molecule has 11 heteroatoms. The molecule has 0 atom stereocenters. The molecular weight excluding hydrogens is 312 g/mol. The number of benzene rings is 1. The van der Waals surface area contributed by atoms with Gasteiger partial charge in [0.1, 0.15) is 6.61 Å². The fraction of sp³-hybridized carbons (Fsp3) is 0.400. The van der Waals surface area contributed by atoms with E-state index in [0.717, 1.165) is 12.1 Å². The molecule has 0 unspecified atom stereocenters. The third kappa shape index (κ3) is 5.21. The highest BCUT2D eigenvalue weighted by Gasteiger charge is 2.25. The van der Waals surface area contributed by atoms with Gasteiger partial charge in [-0.25, -0.2) is 21.9 Å². The highest BCUT2D eigenvalue weighted by Crippen LogP contribution is 2.25. The molecule has 0 aliphatic heterocycles. The van der Waals surface area contributed by atoms with Crippen molar-refractivity contribution in [3.05, 3.63) is 28.3 Å². The van der Waals surface area contributed by atoms with E-state index >= 15 is 0 Å². The smallest absolute Gasteiger partial charge is 0.291 e. The lowest BCUT2D eigenvalue weighted by molar-refractivity contribution is -0.387. The van der Waals surface area contributed by atoms with Gasteiger partial charge < -0.3 is 10.5 Å². The molecule has 0 heterocycles. The number of alkyl halides is 2. The van der Waals surface area contributed by atoms with Crippen molar-refractivity contribution in [3.8, 4) is 0 Å². The Morgan fingerprint density at radius 3 is 2.67 bits per heavy atom. The molecule has 8 nitrogen and oxygen atoms in total. The molecule has 0 bridgehead atoms. The first kappa shape index (κ1) is 17.2. The number of nitro groups is 1. The fourth-order valence-electron chi connectivity index (χ4n) is 1.40. The van der Waals surface area contributed by atoms with Gasteiger partial charge >= 0.3 is 0 Å². The molecule has 3 N–H and O–H groups in total. The molecule has 21 heavy (non-hydrogen) atoms. The maximum absolute atomic E-state index is 11.9. The van der Waals surface area contributed by atoms with E-state index < -0.39 is 38.6 Å². The zero-order valence-corrected chi connectivity index (χ0v) is 11.5. The molecule has 0 aromatic heterocycles. The molecule has 1 aromatic carbocycles. The molecule has 118 valence electrons. The number of rotatable bonds is 8. The van der Waals surface area contributed by atoms with Crippen LogP contribution in [-0.2, 0) is 14.8 Å². The first-order chi connectivity index (χ1) is 9.74. The lowest BCUT2D eigenvalue weighted by Crippen LogP contribution is -2.28. The van der Waals surface area contributed by atoms with Gasteiger partial charge in [0, 0.05) is 18.3 Å². The Balaban J connectivity index is 2.77. The number of anilines is 1. The Morgan fingerprint density at radius 1 is 1.43 bits per heavy atom. The molecule has 0 aliphatic rings. The van der Waals surface area contributed by atoms with Crippen molar-refractivity contribution in [2.45, 2.75) is 11.3 Å². The van der Waals surface area contributed by atoms with E-state index in [0.29, 0.717) is 0 Å². The summed E-state index contributed by atoms with van der Waals surface area (Å²) in [5.41, 5.74) is 4.74. The highest BCUT2D eigenvalue weighted by molar-refractivity contribution is 7.89. The molecule has 0 fully saturated rings. The maximum atomic E-state index is 11.9. The van der Waals surface area contributed by atoms with Crippen LogP contribution in [0.15, 0.2) is 23.1 Å². The summed E-state index contributed by atoms with van der Waals surface area (Å²) in [7, 11) is -4.17. The molecule has 1 rings (SSSR count). The number of hydrogen-bond donors (Lipinski definition) is 2. The van der Waals surface area contributed by atoms with Crippen LogP contribution >= 0.6 is 0 Å². The Hall–Kier alpha value is -1.85. The minimum atomic E-state index is -4.17. The molecule has 0 amide bonds. The number of nitro benzene ring substituents is 1. The van der Waals surface area contributed by atoms with Gasteiger partial charge in [0.05, 0.1) is 11.5 Å². The number of hydrogen-bond acceptors (Lipinski definition) is 6. The Morgan fingerprint density at radius 2 is 2.10 bits per heavy atom. The van der Waals surface area contributed by atoms with Crippen LogP contribution in [0.1, 0.15) is 0 Å². The van der Waals surface area contributed by atoms with Crippen molar-refractivity contribution >= 4 is 21.4 Å². The van der Waals surface area contributed by atoms with Gasteiger partial charge in [0.2, 0.25) is 10.0 Å². The minimum absolute atomic E-state index is 0.0425. The van der Waals surface area contributed by atoms with E-state index in [-0.39, 0.29) is 18.8 Å². The van der Waals surface area contributed by atoms with Crippen LogP contribution in [0.5, 0.6) is 0 Å². The predicted octanol–water partition coefficient (Wildman–Crippen LogP) is 0.737. The van der Waals surface area contributed by atoms with Crippen LogP contribution in [-0.4, -0.2) is 39.5 Å². The number of nitrogens with two attached hydrogens (primary N) is 1. The van der Waals surface area contributed by atoms with Crippen LogP contribution in [0.3, 0.4) is 0 Å². The van der Waals surface area contributed by atoms with Crippen LogP contribution in [0, 0.1) is 10.1 Å². The monoisotopic (exact) mass is 325 g/mol. The molecule has 0 radical (unpaired) electrons. The summed E-state index contributed by atoms with van der Waals surface area (Å²) in [6.45, 7) is -1.40. The number of sulfonamides is 1. The van der Waals surface area contributed by atoms with Crippen molar-refractivity contribution in [1.82, 2.24) is 4.72 Å². The molecule has 0 saturated heterocycles. The second-order valence-corrected chi connectivity index (χ2v) is 5.58. The van der Waals surface area contributed by atoms with E-state index in [1.807, 2.05) is 4.72 Å². The lowest BCUT2D eigenvalue weighted by atomic mass is 10.3. The maximum Gasteiger partial charge on any atom is 0.291 e. The summed E-state index contributed by atoms with van der Waals surface area (Å²) in [4.78, 5) is 9.39. The van der Waals surface area contributed by atoms with Crippen LogP contribution in [0.2, 0.25) is 0 Å². The van der Waals surface area contributed by atoms with Crippen molar-refractivity contribution in [2.24, 2.45) is 0 Å². The Bertz CT molecular complexity index is 609. The van der Waals surface area contributed by atoms with E-state index in [4.69, 9.17) is 5.73 Å². The largest absolute Gasteiger partial charge is 0.399 e. The molecule has 0 spiro atoms. The fourth-order valence-corrected chi connectivity index (χ4v) is 2.57. The lowest BCUT2D eigenvalue weighted by Gasteiger charge is -2.08. The first-order valence-electron chi connectivity index (χ1n) is 5.63. The van der Waals surface area contributed by atoms with Gasteiger partial charge in [0.15, 0.2) is 4.90 Å². The van der Waals surface area contributed by atoms with E-state index in [1.54, 1.807) is 0 Å². The van der Waals surface area contributed by atoms with Crippen molar-refractivity contribution in [1.29, 1.82) is 0 Å².